The van der Waals surface area contributed by atoms with Crippen LogP contribution in [0.4, 0.5) is 5.69 Å². The van der Waals surface area contributed by atoms with Crippen LogP contribution in [0.25, 0.3) is 21.0 Å². The van der Waals surface area contributed by atoms with Crippen LogP contribution in [-0.2, 0) is 24.4 Å². The number of nitrogens with one attached hydrogen (secondary N) is 3. The molecule has 3 amide bonds. The largest absolute Gasteiger partial charge is 0.465 e. The number of amides is 3. The van der Waals surface area contributed by atoms with Gasteiger partial charge >= 0.3 is 0 Å². The van der Waals surface area contributed by atoms with E-state index in [4.69, 9.17) is 4.74 Å². The second-order valence-electron chi connectivity index (χ2n) is 14.9. The van der Waals surface area contributed by atoms with E-state index in [1.54, 1.807) is 11.8 Å². The van der Waals surface area contributed by atoms with Crippen LogP contribution in [0.1, 0.15) is 64.7 Å². The van der Waals surface area contributed by atoms with Crippen LogP contribution >= 0.6 is 11.3 Å². The number of allylic oxidation sites excluding steroid dienone is 1. The minimum atomic E-state index is -3.94. The van der Waals surface area contributed by atoms with Crippen LogP contribution < -0.4 is 20.1 Å². The molecule has 0 unspecified atom stereocenters. The number of nitrogens with zero attached hydrogens (tertiary/aromatic N) is 2. The molecular weight excluding hydrogens is 699 g/mol. The van der Waals surface area contributed by atoms with Crippen LogP contribution in [0.15, 0.2) is 78.9 Å². The van der Waals surface area contributed by atoms with Crippen molar-refractivity contribution in [1.29, 1.82) is 0 Å². The number of anilines is 1. The van der Waals surface area contributed by atoms with E-state index in [9.17, 15) is 22.8 Å². The van der Waals surface area contributed by atoms with Crippen molar-refractivity contribution in [2.75, 3.05) is 11.9 Å². The molecule has 2 aliphatic carbocycles. The van der Waals surface area contributed by atoms with Gasteiger partial charge in [0.25, 0.3) is 11.1 Å². The summed E-state index contributed by atoms with van der Waals surface area (Å²) >= 11 is 1.40. The lowest BCUT2D eigenvalue weighted by molar-refractivity contribution is -0.140. The van der Waals surface area contributed by atoms with E-state index >= 15 is 0 Å². The van der Waals surface area contributed by atoms with Gasteiger partial charge in [0.05, 0.1) is 21.5 Å². The van der Waals surface area contributed by atoms with Gasteiger partial charge in [-0.2, -0.15) is 0 Å². The maximum Gasteiger partial charge on any atom is 0.274 e. The van der Waals surface area contributed by atoms with E-state index < -0.39 is 50.3 Å². The SMILES string of the molecule is CC1(S(=O)(=O)NC(=O)[C@@]23C[C@@H]2/C=C\CCCCC[C@H](Nc2ccc4ccccc4c2)C(=O)N2C[C@H](Oc4nc5ccccc5s4)C[C@H]2C(=O)N3)CC1. The lowest BCUT2D eigenvalue weighted by Crippen LogP contribution is -2.58. The Morgan fingerprint density at radius 2 is 1.81 bits per heavy atom. The number of ether oxygens (including phenoxy) is 1. The number of aromatic nitrogens is 1. The number of thiazole rings is 1. The fourth-order valence-electron chi connectivity index (χ4n) is 7.47. The van der Waals surface area contributed by atoms with Gasteiger partial charge in [0.2, 0.25) is 21.8 Å². The predicted molar refractivity (Wildman–Crippen MR) is 201 cm³/mol. The average molecular weight is 742 g/mol. The van der Waals surface area contributed by atoms with E-state index in [2.05, 4.69) is 20.3 Å². The van der Waals surface area contributed by atoms with Crippen molar-refractivity contribution in [1.82, 2.24) is 19.9 Å². The molecule has 2 aliphatic heterocycles. The highest BCUT2D eigenvalue weighted by molar-refractivity contribution is 7.91. The molecule has 11 nitrogen and oxygen atoms in total. The Morgan fingerprint density at radius 3 is 2.62 bits per heavy atom. The number of hydrogen-bond acceptors (Lipinski definition) is 9. The van der Waals surface area contributed by atoms with Gasteiger partial charge < -0.3 is 20.3 Å². The number of rotatable bonds is 7. The van der Waals surface area contributed by atoms with Gasteiger partial charge in [-0.1, -0.05) is 78.8 Å². The number of carbonyl (C=O) groups excluding carboxylic acids is 3. The molecule has 4 aliphatic rings. The summed E-state index contributed by atoms with van der Waals surface area (Å²) < 4.78 is 34.9. The summed E-state index contributed by atoms with van der Waals surface area (Å²) in [6, 6.07) is 20.2. The maximum absolute atomic E-state index is 14.7. The number of fused-ring (bicyclic) bond motifs is 4. The Labute approximate surface area is 307 Å². The second kappa shape index (κ2) is 13.5. The highest BCUT2D eigenvalue weighted by Crippen LogP contribution is 2.47. The Hall–Kier alpha value is -4.49. The van der Waals surface area contributed by atoms with Crippen molar-refractivity contribution in [3.63, 3.8) is 0 Å². The molecule has 4 aromatic rings. The Kier molecular flexibility index (Phi) is 8.97. The monoisotopic (exact) mass is 741 g/mol. The van der Waals surface area contributed by atoms with Gasteiger partial charge in [0.15, 0.2) is 0 Å². The lowest BCUT2D eigenvalue weighted by Gasteiger charge is -2.30. The molecule has 52 heavy (non-hydrogen) atoms. The van der Waals surface area contributed by atoms with Crippen LogP contribution in [0.5, 0.6) is 5.19 Å². The van der Waals surface area contributed by atoms with Gasteiger partial charge in [0, 0.05) is 18.0 Å². The molecule has 3 N–H and O–H groups in total. The number of benzene rings is 3. The molecule has 3 heterocycles. The molecule has 3 aromatic carbocycles. The van der Waals surface area contributed by atoms with E-state index in [1.807, 2.05) is 78.9 Å². The molecule has 1 saturated heterocycles. The Morgan fingerprint density at radius 1 is 1.02 bits per heavy atom. The molecule has 3 fully saturated rings. The first-order chi connectivity index (χ1) is 25.0. The minimum Gasteiger partial charge on any atom is -0.465 e. The first kappa shape index (κ1) is 34.6. The third kappa shape index (κ3) is 6.76. The van der Waals surface area contributed by atoms with E-state index in [-0.39, 0.29) is 31.2 Å². The molecule has 8 rings (SSSR count). The summed E-state index contributed by atoms with van der Waals surface area (Å²) in [5.74, 6) is -1.84. The van der Waals surface area contributed by atoms with Gasteiger partial charge in [-0.05, 0) is 80.5 Å². The summed E-state index contributed by atoms with van der Waals surface area (Å²) in [5, 5.41) is 9.05. The summed E-state index contributed by atoms with van der Waals surface area (Å²) in [7, 11) is -3.94. The normalized spacial score (nSPS) is 28.1. The maximum atomic E-state index is 14.7. The van der Waals surface area contributed by atoms with Crippen LogP contribution in [0.2, 0.25) is 0 Å². The number of sulfonamides is 1. The third-order valence-electron chi connectivity index (χ3n) is 11.1. The van der Waals surface area contributed by atoms with E-state index in [0.29, 0.717) is 24.5 Å². The van der Waals surface area contributed by atoms with Gasteiger partial charge in [-0.15, -0.1) is 0 Å². The zero-order valence-corrected chi connectivity index (χ0v) is 30.7. The summed E-state index contributed by atoms with van der Waals surface area (Å²) in [6.45, 7) is 1.77. The molecular formula is C39H43N5O6S2. The third-order valence-corrected chi connectivity index (χ3v) is 14.2. The molecule has 1 aromatic heterocycles. The molecule has 0 spiro atoms. The zero-order valence-electron chi connectivity index (χ0n) is 29.0. The first-order valence-electron chi connectivity index (χ1n) is 18.2. The van der Waals surface area contributed by atoms with Crippen LogP contribution in [0, 0.1) is 5.92 Å². The topological polar surface area (TPSA) is 147 Å². The Balaban J connectivity index is 1.10. The van der Waals surface area contributed by atoms with E-state index in [1.165, 1.54) is 11.3 Å². The van der Waals surface area contributed by atoms with Crippen LogP contribution in [-0.4, -0.2) is 71.0 Å². The summed E-state index contributed by atoms with van der Waals surface area (Å²) in [5.41, 5.74) is 0.178. The minimum absolute atomic E-state index is 0.151. The Bertz CT molecular complexity index is 2150. The predicted octanol–water partition coefficient (Wildman–Crippen LogP) is 5.67. The highest BCUT2D eigenvalue weighted by Gasteiger charge is 2.63. The summed E-state index contributed by atoms with van der Waals surface area (Å²) in [6.07, 6.45) is 8.73. The van der Waals surface area contributed by atoms with Gasteiger partial charge in [-0.3, -0.25) is 19.1 Å². The molecule has 272 valence electrons. The van der Waals surface area contributed by atoms with Gasteiger partial charge in [-0.25, -0.2) is 13.4 Å². The number of hydrogen-bond donors (Lipinski definition) is 3. The van der Waals surface area contributed by atoms with Crippen molar-refractivity contribution in [2.24, 2.45) is 5.92 Å². The summed E-state index contributed by atoms with van der Waals surface area (Å²) in [4.78, 5) is 49.1. The van der Waals surface area contributed by atoms with Crippen molar-refractivity contribution in [2.45, 2.75) is 93.2 Å². The standard InChI is InChI=1S/C39H43N5O6S2/c1-38(19-20-38)52(48,49)43-36(47)39-23-27(39)13-5-3-2-4-6-15-31(40-28-18-17-25-11-7-8-12-26(25)21-28)35(46)44-24-29(22-32(44)34(45)42-39)50-37-41-30-14-9-10-16-33(30)51-37/h5,7-14,16-18,21,27,29,31-32,40H,2-4,6,15,19-20,22-24H2,1H3,(H,42,45)(H,43,47)/b13-5-/t27-,29+,31-,32-,39+/m0/s1. The highest BCUT2D eigenvalue weighted by atomic mass is 32.2. The smallest absolute Gasteiger partial charge is 0.274 e. The number of carbonyl (C=O) groups is 3. The molecule has 0 radical (unpaired) electrons. The quantitative estimate of drug-likeness (QED) is 0.206. The van der Waals surface area contributed by atoms with Crippen molar-refractivity contribution < 1.29 is 27.5 Å². The first-order valence-corrected chi connectivity index (χ1v) is 20.5. The van der Waals surface area contributed by atoms with E-state index in [0.717, 1.165) is 52.4 Å². The fourth-order valence-corrected chi connectivity index (χ4v) is 9.66. The van der Waals surface area contributed by atoms with Crippen LogP contribution in [0.3, 0.4) is 0 Å². The molecule has 2 saturated carbocycles. The lowest BCUT2D eigenvalue weighted by atomic mass is 10.0. The second-order valence-corrected chi connectivity index (χ2v) is 18.1. The number of para-hydroxylation sites is 1. The van der Waals surface area contributed by atoms with Gasteiger partial charge in [0.1, 0.15) is 23.7 Å². The zero-order chi connectivity index (χ0) is 36.1. The molecule has 13 heteroatoms. The molecule has 5 atom stereocenters. The molecule has 0 bridgehead atoms. The van der Waals surface area contributed by atoms with Crippen molar-refractivity contribution in [3.05, 3.63) is 78.9 Å². The van der Waals surface area contributed by atoms with Crippen molar-refractivity contribution >= 4 is 65.8 Å². The van der Waals surface area contributed by atoms with Crippen molar-refractivity contribution in [3.8, 4) is 5.19 Å². The fraction of sp³-hybridized carbons (Fsp3) is 0.436. The average Bonchev–Trinajstić information content (AvgIpc) is 3.94.